The molecule has 2 aliphatic carbocycles. The molecule has 6 nitrogen and oxygen atoms in total. The van der Waals surface area contributed by atoms with Crippen molar-refractivity contribution < 1.29 is 14.3 Å². The quantitative estimate of drug-likeness (QED) is 0.264. The molecular weight excluding hydrogens is 458 g/mol. The smallest absolute Gasteiger partial charge is 0.325 e. The molecule has 2 saturated carbocycles. The predicted molar refractivity (Wildman–Crippen MR) is 152 cm³/mol. The van der Waals surface area contributed by atoms with Crippen LogP contribution < -0.4 is 16.4 Å². The number of carbonyl (C=O) groups is 2. The van der Waals surface area contributed by atoms with Gasteiger partial charge in [0.1, 0.15) is 6.54 Å². The topological polar surface area (TPSA) is 93.5 Å². The molecule has 0 aromatic carbocycles. The number of carbonyl (C=O) groups excluding carboxylic acids is 2. The molecule has 0 aromatic rings. The molecule has 0 bridgehead atoms. The van der Waals surface area contributed by atoms with Gasteiger partial charge in [-0.15, -0.1) is 0 Å². The van der Waals surface area contributed by atoms with E-state index in [0.29, 0.717) is 32.5 Å². The van der Waals surface area contributed by atoms with Gasteiger partial charge in [0.15, 0.2) is 0 Å². The van der Waals surface area contributed by atoms with Crippen LogP contribution in [0.25, 0.3) is 0 Å². The molecule has 0 heterocycles. The summed E-state index contributed by atoms with van der Waals surface area (Å²) in [6.07, 6.45) is 23.7. The SMILES string of the molecule is C1CCCCC1.CCC/C=C(\CNC(=O)CCCN)NCC(=O)OCC.CSCC1CCCCC1. The summed E-state index contributed by atoms with van der Waals surface area (Å²) in [7, 11) is 0. The first kappa shape index (κ1) is 33.8. The number of amides is 1. The standard InChI is InChI=1S/C14H27N3O3.C8H16S.C6H12/c1-3-5-7-12(16-11-14(19)20-4-2)10-17-13(18)8-6-9-15;1-9-7-8-5-3-2-4-6-8;1-2-4-6-5-3-1/h7,16H,3-6,8-11,15H2,1-2H3,(H,17,18);8H,2-7H2,1H3;1-6H2/b12-7+;;. The zero-order valence-electron chi connectivity index (χ0n) is 23.0. The van der Waals surface area contributed by atoms with Crippen LogP contribution in [0, 0.1) is 5.92 Å². The van der Waals surface area contributed by atoms with Gasteiger partial charge < -0.3 is 21.1 Å². The van der Waals surface area contributed by atoms with Crippen molar-refractivity contribution in [1.29, 1.82) is 0 Å². The summed E-state index contributed by atoms with van der Waals surface area (Å²) in [5, 5.41) is 5.80. The summed E-state index contributed by atoms with van der Waals surface area (Å²) >= 11 is 2.01. The first-order valence-corrected chi connectivity index (χ1v) is 15.5. The van der Waals surface area contributed by atoms with Crippen LogP contribution in [0.3, 0.4) is 0 Å². The van der Waals surface area contributed by atoms with Gasteiger partial charge in [-0.05, 0) is 57.1 Å². The monoisotopic (exact) mass is 513 g/mol. The van der Waals surface area contributed by atoms with Crippen LogP contribution in [-0.4, -0.2) is 50.1 Å². The second kappa shape index (κ2) is 25.9. The Labute approximate surface area is 220 Å². The van der Waals surface area contributed by atoms with Gasteiger partial charge in [0, 0.05) is 12.1 Å². The van der Waals surface area contributed by atoms with Crippen LogP contribution in [0.5, 0.6) is 0 Å². The first-order chi connectivity index (χ1) is 17.1. The number of unbranched alkanes of at least 4 members (excludes halogenated alkanes) is 1. The fourth-order valence-corrected chi connectivity index (χ4v) is 4.92. The minimum atomic E-state index is -0.302. The number of allylic oxidation sites excluding steroid dienone is 1. The molecule has 2 aliphatic rings. The predicted octanol–water partition coefficient (Wildman–Crippen LogP) is 5.95. The lowest BCUT2D eigenvalue weighted by atomic mass is 9.91. The second-order valence-corrected chi connectivity index (χ2v) is 10.3. The zero-order valence-corrected chi connectivity index (χ0v) is 23.8. The van der Waals surface area contributed by atoms with Crippen LogP contribution in [-0.2, 0) is 14.3 Å². The molecule has 0 saturated heterocycles. The summed E-state index contributed by atoms with van der Waals surface area (Å²) in [5.41, 5.74) is 6.19. The Morgan fingerprint density at radius 3 is 2.06 bits per heavy atom. The van der Waals surface area contributed by atoms with E-state index >= 15 is 0 Å². The Bertz CT molecular complexity index is 519. The third kappa shape index (κ3) is 23.0. The Hall–Kier alpha value is -1.21. The lowest BCUT2D eigenvalue weighted by Crippen LogP contribution is -2.33. The lowest BCUT2D eigenvalue weighted by molar-refractivity contribution is -0.141. The largest absolute Gasteiger partial charge is 0.465 e. The Morgan fingerprint density at radius 2 is 1.54 bits per heavy atom. The van der Waals surface area contributed by atoms with Crippen molar-refractivity contribution in [2.75, 3.05) is 38.2 Å². The molecule has 2 fully saturated rings. The molecule has 35 heavy (non-hydrogen) atoms. The highest BCUT2D eigenvalue weighted by atomic mass is 32.2. The van der Waals surface area contributed by atoms with Crippen LogP contribution in [0.15, 0.2) is 11.8 Å². The van der Waals surface area contributed by atoms with Crippen molar-refractivity contribution in [3.8, 4) is 0 Å². The molecule has 7 heteroatoms. The van der Waals surface area contributed by atoms with Gasteiger partial charge in [0.05, 0.1) is 13.2 Å². The summed E-state index contributed by atoms with van der Waals surface area (Å²) in [5.74, 6) is 2.13. The third-order valence-corrected chi connectivity index (χ3v) is 6.96. The molecule has 0 unspecified atom stereocenters. The number of thioether (sulfide) groups is 1. The Morgan fingerprint density at radius 1 is 0.943 bits per heavy atom. The van der Waals surface area contributed by atoms with E-state index in [0.717, 1.165) is 24.5 Å². The van der Waals surface area contributed by atoms with Crippen molar-refractivity contribution in [2.24, 2.45) is 11.7 Å². The number of ether oxygens (including phenoxy) is 1. The normalized spacial score (nSPS) is 16.2. The van der Waals surface area contributed by atoms with Crippen molar-refractivity contribution in [1.82, 2.24) is 10.6 Å². The number of esters is 1. The Kier molecular flexibility index (Phi) is 25.0. The summed E-state index contributed by atoms with van der Waals surface area (Å²) < 4.78 is 4.85. The maximum Gasteiger partial charge on any atom is 0.325 e. The number of rotatable bonds is 13. The van der Waals surface area contributed by atoms with Gasteiger partial charge in [-0.3, -0.25) is 9.59 Å². The van der Waals surface area contributed by atoms with Crippen LogP contribution >= 0.6 is 11.8 Å². The van der Waals surface area contributed by atoms with Gasteiger partial charge in [-0.1, -0.05) is 77.2 Å². The highest BCUT2D eigenvalue weighted by Crippen LogP contribution is 2.25. The summed E-state index contributed by atoms with van der Waals surface area (Å²) in [4.78, 5) is 22.8. The molecule has 0 aromatic heterocycles. The highest BCUT2D eigenvalue weighted by Gasteiger charge is 2.11. The van der Waals surface area contributed by atoms with Gasteiger partial charge in [-0.2, -0.15) is 11.8 Å². The maximum atomic E-state index is 11.5. The number of hydrogen-bond donors (Lipinski definition) is 3. The van der Waals surface area contributed by atoms with Crippen LogP contribution in [0.4, 0.5) is 0 Å². The molecule has 4 N–H and O–H groups in total. The van der Waals surface area contributed by atoms with Crippen molar-refractivity contribution in [3.63, 3.8) is 0 Å². The minimum absolute atomic E-state index is 0.0317. The van der Waals surface area contributed by atoms with Crippen molar-refractivity contribution >= 4 is 23.6 Å². The second-order valence-electron chi connectivity index (χ2n) is 9.43. The van der Waals surface area contributed by atoms with Crippen LogP contribution in [0.1, 0.15) is 110 Å². The molecule has 0 atom stereocenters. The molecular formula is C28H55N3O3S. The summed E-state index contributed by atoms with van der Waals surface area (Å²) in [6.45, 7) is 5.21. The highest BCUT2D eigenvalue weighted by molar-refractivity contribution is 7.98. The van der Waals surface area contributed by atoms with Crippen molar-refractivity contribution in [3.05, 3.63) is 11.8 Å². The molecule has 2 rings (SSSR count). The fraction of sp³-hybridized carbons (Fsp3) is 0.857. The minimum Gasteiger partial charge on any atom is -0.465 e. The first-order valence-electron chi connectivity index (χ1n) is 14.1. The third-order valence-electron chi connectivity index (χ3n) is 6.16. The van der Waals surface area contributed by atoms with Crippen LogP contribution in [0.2, 0.25) is 0 Å². The molecule has 0 aliphatic heterocycles. The number of nitrogens with two attached hydrogens (primary N) is 1. The van der Waals surface area contributed by atoms with E-state index in [2.05, 4.69) is 23.8 Å². The van der Waals surface area contributed by atoms with E-state index in [9.17, 15) is 9.59 Å². The van der Waals surface area contributed by atoms with E-state index in [-0.39, 0.29) is 18.4 Å². The maximum absolute atomic E-state index is 11.5. The van der Waals surface area contributed by atoms with E-state index in [1.807, 2.05) is 17.8 Å². The van der Waals surface area contributed by atoms with Gasteiger partial charge >= 0.3 is 5.97 Å². The van der Waals surface area contributed by atoms with E-state index in [1.54, 1.807) is 6.92 Å². The van der Waals surface area contributed by atoms with Gasteiger partial charge in [0.25, 0.3) is 0 Å². The average Bonchev–Trinajstić information content (AvgIpc) is 2.90. The van der Waals surface area contributed by atoms with Gasteiger partial charge in [0.2, 0.25) is 5.91 Å². The molecule has 206 valence electrons. The number of hydrogen-bond acceptors (Lipinski definition) is 6. The van der Waals surface area contributed by atoms with E-state index in [1.165, 1.54) is 76.4 Å². The van der Waals surface area contributed by atoms with E-state index in [4.69, 9.17) is 10.5 Å². The fourth-order valence-electron chi connectivity index (χ4n) is 4.12. The summed E-state index contributed by atoms with van der Waals surface area (Å²) in [6, 6.07) is 0. The van der Waals surface area contributed by atoms with Crippen molar-refractivity contribution in [2.45, 2.75) is 110 Å². The zero-order chi connectivity index (χ0) is 26.0. The number of nitrogens with one attached hydrogen (secondary N) is 2. The van der Waals surface area contributed by atoms with E-state index < -0.39 is 0 Å². The molecule has 1 amide bonds. The molecule has 0 radical (unpaired) electrons. The Balaban J connectivity index is 0.000000619. The lowest BCUT2D eigenvalue weighted by Gasteiger charge is -2.19. The van der Waals surface area contributed by atoms with Gasteiger partial charge in [-0.25, -0.2) is 0 Å². The molecule has 0 spiro atoms. The average molecular weight is 514 g/mol.